The Labute approximate surface area is 137 Å². The van der Waals surface area contributed by atoms with E-state index in [0.717, 1.165) is 11.1 Å². The molecular formula is C19H23N3O. The Morgan fingerprint density at radius 2 is 1.96 bits per heavy atom. The van der Waals surface area contributed by atoms with E-state index in [2.05, 4.69) is 29.4 Å². The predicted octanol–water partition coefficient (Wildman–Crippen LogP) is 3.59. The molecule has 0 spiro atoms. The van der Waals surface area contributed by atoms with Gasteiger partial charge in [0.2, 0.25) is 0 Å². The van der Waals surface area contributed by atoms with Gasteiger partial charge in [-0.1, -0.05) is 36.4 Å². The number of carbonyl (C=O) groups excluding carboxylic acids is 1. The lowest BCUT2D eigenvalue weighted by Crippen LogP contribution is -2.45. The lowest BCUT2D eigenvalue weighted by atomic mass is 10.1. The summed E-state index contributed by atoms with van der Waals surface area (Å²) in [6.45, 7) is 3.32. The fourth-order valence-electron chi connectivity index (χ4n) is 2.80. The van der Waals surface area contributed by atoms with Crippen molar-refractivity contribution >= 4 is 6.03 Å². The van der Waals surface area contributed by atoms with Gasteiger partial charge < -0.3 is 10.2 Å². The molecule has 1 aromatic carbocycles. The number of hydrogen-bond donors (Lipinski definition) is 1. The third kappa shape index (κ3) is 4.31. The average molecular weight is 309 g/mol. The van der Waals surface area contributed by atoms with Crippen LogP contribution in [-0.4, -0.2) is 22.0 Å². The Balaban J connectivity index is 1.65. The van der Waals surface area contributed by atoms with Crippen molar-refractivity contribution in [3.05, 3.63) is 66.0 Å². The molecule has 2 amide bonds. The Morgan fingerprint density at radius 1 is 1.22 bits per heavy atom. The largest absolute Gasteiger partial charge is 0.334 e. The molecule has 120 valence electrons. The number of amides is 2. The summed E-state index contributed by atoms with van der Waals surface area (Å²) < 4.78 is 0. The van der Waals surface area contributed by atoms with Crippen molar-refractivity contribution in [3.63, 3.8) is 0 Å². The van der Waals surface area contributed by atoms with Gasteiger partial charge >= 0.3 is 6.03 Å². The van der Waals surface area contributed by atoms with Gasteiger partial charge in [0, 0.05) is 31.5 Å². The number of pyridine rings is 1. The summed E-state index contributed by atoms with van der Waals surface area (Å²) in [5.41, 5.74) is 2.18. The standard InChI is InChI=1S/C19H23N3O/c1-15(18-9-10-18)22(14-16-6-3-2-4-7-16)19(23)21-13-17-8-5-11-20-12-17/h2-8,11-12,15,18H,9-10,13-14H2,1H3,(H,21,23). The van der Waals surface area contributed by atoms with Crippen molar-refractivity contribution in [1.82, 2.24) is 15.2 Å². The fraction of sp³-hybridized carbons (Fsp3) is 0.368. The number of hydrogen-bond acceptors (Lipinski definition) is 2. The molecule has 23 heavy (non-hydrogen) atoms. The topological polar surface area (TPSA) is 45.2 Å². The molecule has 1 aliphatic carbocycles. The van der Waals surface area contributed by atoms with Crippen LogP contribution in [0.5, 0.6) is 0 Å². The molecule has 4 nitrogen and oxygen atoms in total. The second kappa shape index (κ2) is 7.27. The van der Waals surface area contributed by atoms with Gasteiger partial charge in [-0.25, -0.2) is 4.79 Å². The predicted molar refractivity (Wildman–Crippen MR) is 90.6 cm³/mol. The van der Waals surface area contributed by atoms with E-state index in [1.54, 1.807) is 12.4 Å². The van der Waals surface area contributed by atoms with Crippen LogP contribution in [0.3, 0.4) is 0 Å². The quantitative estimate of drug-likeness (QED) is 0.886. The molecule has 2 aromatic rings. The van der Waals surface area contributed by atoms with Crippen LogP contribution in [-0.2, 0) is 13.1 Å². The van der Waals surface area contributed by atoms with Gasteiger partial charge in [-0.15, -0.1) is 0 Å². The normalized spacial score (nSPS) is 15.0. The maximum atomic E-state index is 12.7. The van der Waals surface area contributed by atoms with Gasteiger partial charge in [0.1, 0.15) is 0 Å². The van der Waals surface area contributed by atoms with E-state index in [1.165, 1.54) is 12.8 Å². The van der Waals surface area contributed by atoms with E-state index in [9.17, 15) is 4.79 Å². The molecule has 1 unspecified atom stereocenters. The Hall–Kier alpha value is -2.36. The van der Waals surface area contributed by atoms with Crippen molar-refractivity contribution in [3.8, 4) is 0 Å². The summed E-state index contributed by atoms with van der Waals surface area (Å²) in [6, 6.07) is 14.3. The number of benzene rings is 1. The molecule has 1 atom stereocenters. The van der Waals surface area contributed by atoms with Gasteiger partial charge in [0.05, 0.1) is 0 Å². The highest BCUT2D eigenvalue weighted by Gasteiger charge is 2.34. The first-order chi connectivity index (χ1) is 11.2. The molecular weight excluding hydrogens is 286 g/mol. The van der Waals surface area contributed by atoms with E-state index in [0.29, 0.717) is 19.0 Å². The van der Waals surface area contributed by atoms with Crippen molar-refractivity contribution < 1.29 is 4.79 Å². The SMILES string of the molecule is CC(C1CC1)N(Cc1ccccc1)C(=O)NCc1cccnc1. The van der Waals surface area contributed by atoms with Gasteiger partial charge in [-0.2, -0.15) is 0 Å². The Morgan fingerprint density at radius 3 is 2.61 bits per heavy atom. The van der Waals surface area contributed by atoms with Crippen LogP contribution in [0.15, 0.2) is 54.9 Å². The number of carbonyl (C=O) groups is 1. The minimum Gasteiger partial charge on any atom is -0.334 e. The number of rotatable bonds is 6. The second-order valence-electron chi connectivity index (χ2n) is 6.21. The monoisotopic (exact) mass is 309 g/mol. The lowest BCUT2D eigenvalue weighted by molar-refractivity contribution is 0.167. The maximum Gasteiger partial charge on any atom is 0.318 e. The molecule has 0 saturated heterocycles. The van der Waals surface area contributed by atoms with Crippen LogP contribution in [0.25, 0.3) is 0 Å². The van der Waals surface area contributed by atoms with E-state index in [1.807, 2.05) is 35.2 Å². The summed E-state index contributed by atoms with van der Waals surface area (Å²) >= 11 is 0. The molecule has 1 fully saturated rings. The van der Waals surface area contributed by atoms with Crippen molar-refractivity contribution in [2.75, 3.05) is 0 Å². The minimum atomic E-state index is -0.00268. The third-order valence-corrected chi connectivity index (χ3v) is 4.42. The van der Waals surface area contributed by atoms with E-state index in [-0.39, 0.29) is 12.1 Å². The van der Waals surface area contributed by atoms with Crippen LogP contribution in [0.1, 0.15) is 30.9 Å². The van der Waals surface area contributed by atoms with Gasteiger partial charge in [0.25, 0.3) is 0 Å². The van der Waals surface area contributed by atoms with Crippen LogP contribution in [0.2, 0.25) is 0 Å². The first kappa shape index (κ1) is 15.5. The Kier molecular flexibility index (Phi) is 4.91. The van der Waals surface area contributed by atoms with Crippen molar-refractivity contribution in [2.24, 2.45) is 5.92 Å². The molecule has 3 rings (SSSR count). The van der Waals surface area contributed by atoms with E-state index >= 15 is 0 Å². The highest BCUT2D eigenvalue weighted by atomic mass is 16.2. The zero-order valence-corrected chi connectivity index (χ0v) is 13.5. The van der Waals surface area contributed by atoms with Crippen LogP contribution in [0, 0.1) is 5.92 Å². The van der Waals surface area contributed by atoms with Crippen molar-refractivity contribution in [1.29, 1.82) is 0 Å². The smallest absolute Gasteiger partial charge is 0.318 e. The van der Waals surface area contributed by atoms with Gasteiger partial charge in [-0.05, 0) is 42.9 Å². The maximum absolute atomic E-state index is 12.7. The van der Waals surface area contributed by atoms with E-state index < -0.39 is 0 Å². The first-order valence-corrected chi connectivity index (χ1v) is 8.21. The number of aromatic nitrogens is 1. The lowest BCUT2D eigenvalue weighted by Gasteiger charge is -2.29. The second-order valence-corrected chi connectivity index (χ2v) is 6.21. The fourth-order valence-corrected chi connectivity index (χ4v) is 2.80. The summed E-state index contributed by atoms with van der Waals surface area (Å²) in [5.74, 6) is 0.642. The van der Waals surface area contributed by atoms with Crippen LogP contribution >= 0.6 is 0 Å². The summed E-state index contributed by atoms with van der Waals surface area (Å²) in [6.07, 6.45) is 5.97. The minimum absolute atomic E-state index is 0.00268. The zero-order valence-electron chi connectivity index (χ0n) is 13.5. The van der Waals surface area contributed by atoms with Gasteiger partial charge in [-0.3, -0.25) is 4.98 Å². The molecule has 1 aromatic heterocycles. The number of nitrogens with zero attached hydrogens (tertiary/aromatic N) is 2. The highest BCUT2D eigenvalue weighted by Crippen LogP contribution is 2.35. The highest BCUT2D eigenvalue weighted by molar-refractivity contribution is 5.74. The molecule has 4 heteroatoms. The van der Waals surface area contributed by atoms with E-state index in [4.69, 9.17) is 0 Å². The number of urea groups is 1. The molecule has 1 aliphatic rings. The summed E-state index contributed by atoms with van der Waals surface area (Å²) in [7, 11) is 0. The molecule has 1 heterocycles. The molecule has 0 bridgehead atoms. The summed E-state index contributed by atoms with van der Waals surface area (Å²) in [5, 5.41) is 3.03. The van der Waals surface area contributed by atoms with Crippen LogP contribution in [0.4, 0.5) is 4.79 Å². The third-order valence-electron chi connectivity index (χ3n) is 4.42. The summed E-state index contributed by atoms with van der Waals surface area (Å²) in [4.78, 5) is 18.7. The Bertz CT molecular complexity index is 626. The van der Waals surface area contributed by atoms with Crippen LogP contribution < -0.4 is 5.32 Å². The molecule has 1 N–H and O–H groups in total. The molecule has 1 saturated carbocycles. The number of nitrogens with one attached hydrogen (secondary N) is 1. The zero-order chi connectivity index (χ0) is 16.1. The average Bonchev–Trinajstić information content (AvgIpc) is 3.44. The van der Waals surface area contributed by atoms with Crippen molar-refractivity contribution in [2.45, 2.75) is 38.9 Å². The molecule has 0 radical (unpaired) electrons. The first-order valence-electron chi connectivity index (χ1n) is 8.21. The molecule has 0 aliphatic heterocycles. The van der Waals surface area contributed by atoms with Gasteiger partial charge in [0.15, 0.2) is 0 Å².